The Morgan fingerprint density at radius 3 is 2.13 bits per heavy atom. The zero-order valence-corrected chi connectivity index (χ0v) is 17.6. The van der Waals surface area contributed by atoms with E-state index in [9.17, 15) is 9.59 Å². The number of rotatable bonds is 6. The van der Waals surface area contributed by atoms with Gasteiger partial charge in [-0.2, -0.15) is 9.78 Å². The second-order valence-corrected chi connectivity index (χ2v) is 7.12. The maximum Gasteiger partial charge on any atom is 0.279 e. The number of hydrogen-bond donors (Lipinski definition) is 1. The number of benzene rings is 3. The van der Waals surface area contributed by atoms with Crippen LogP contribution in [0.1, 0.15) is 24.3 Å². The first-order valence-electron chi connectivity index (χ1n) is 10.4. The van der Waals surface area contributed by atoms with Gasteiger partial charge in [0.25, 0.3) is 11.5 Å². The molecular formula is C25H24N4O2. The number of nitrogens with one attached hydrogen (secondary N) is 1. The summed E-state index contributed by atoms with van der Waals surface area (Å²) in [6.45, 7) is 6.05. The van der Waals surface area contributed by atoms with Crippen molar-refractivity contribution in [3.8, 4) is 5.69 Å². The molecule has 1 aromatic heterocycles. The van der Waals surface area contributed by atoms with Crippen LogP contribution in [0.2, 0.25) is 0 Å². The minimum Gasteiger partial charge on any atom is -0.372 e. The lowest BCUT2D eigenvalue weighted by Crippen LogP contribution is -2.26. The molecule has 0 spiro atoms. The summed E-state index contributed by atoms with van der Waals surface area (Å²) in [4.78, 5) is 28.4. The van der Waals surface area contributed by atoms with Crippen LogP contribution in [0.4, 0.5) is 11.4 Å². The molecule has 1 amide bonds. The summed E-state index contributed by atoms with van der Waals surface area (Å²) in [5.74, 6) is -0.364. The first kappa shape index (κ1) is 20.3. The first-order chi connectivity index (χ1) is 15.1. The van der Waals surface area contributed by atoms with Crippen molar-refractivity contribution >= 4 is 28.1 Å². The molecule has 0 aliphatic rings. The fraction of sp³-hybridized carbons (Fsp3) is 0.160. The first-order valence-corrected chi connectivity index (χ1v) is 10.4. The van der Waals surface area contributed by atoms with Gasteiger partial charge in [-0.05, 0) is 56.3 Å². The number of fused-ring (bicyclic) bond motifs is 1. The Morgan fingerprint density at radius 2 is 1.48 bits per heavy atom. The molecule has 0 radical (unpaired) electrons. The van der Waals surface area contributed by atoms with E-state index < -0.39 is 0 Å². The lowest BCUT2D eigenvalue weighted by atomic mass is 10.1. The highest BCUT2D eigenvalue weighted by Crippen LogP contribution is 2.20. The Labute approximate surface area is 180 Å². The van der Waals surface area contributed by atoms with Gasteiger partial charge in [-0.3, -0.25) is 9.59 Å². The van der Waals surface area contributed by atoms with Crippen LogP contribution in [-0.2, 0) is 0 Å². The molecule has 4 aromatic rings. The molecule has 0 fully saturated rings. The van der Waals surface area contributed by atoms with E-state index >= 15 is 0 Å². The minimum atomic E-state index is -0.364. The molecule has 0 atom stereocenters. The maximum atomic E-state index is 13.2. The third kappa shape index (κ3) is 4.05. The number of nitrogens with zero attached hydrogens (tertiary/aromatic N) is 3. The third-order valence-corrected chi connectivity index (χ3v) is 5.27. The van der Waals surface area contributed by atoms with E-state index in [4.69, 9.17) is 0 Å². The van der Waals surface area contributed by atoms with Gasteiger partial charge in [0.15, 0.2) is 5.69 Å². The third-order valence-electron chi connectivity index (χ3n) is 5.27. The number of hydrogen-bond acceptors (Lipinski definition) is 4. The van der Waals surface area contributed by atoms with Crippen LogP contribution >= 0.6 is 0 Å². The lowest BCUT2D eigenvalue weighted by molar-refractivity contribution is 0.102. The summed E-state index contributed by atoms with van der Waals surface area (Å²) in [5.41, 5.74) is 2.32. The summed E-state index contributed by atoms with van der Waals surface area (Å²) < 4.78 is 1.28. The van der Waals surface area contributed by atoms with Crippen molar-refractivity contribution in [2.75, 3.05) is 23.3 Å². The van der Waals surface area contributed by atoms with E-state index in [1.54, 1.807) is 36.4 Å². The molecule has 4 rings (SSSR count). The molecule has 156 valence electrons. The number of carbonyl (C=O) groups excluding carboxylic acids is 1. The van der Waals surface area contributed by atoms with E-state index in [0.717, 1.165) is 18.8 Å². The molecular weight excluding hydrogens is 388 g/mol. The summed E-state index contributed by atoms with van der Waals surface area (Å²) >= 11 is 0. The Kier molecular flexibility index (Phi) is 5.80. The smallest absolute Gasteiger partial charge is 0.279 e. The number of anilines is 2. The lowest BCUT2D eigenvalue weighted by Gasteiger charge is -2.21. The monoisotopic (exact) mass is 412 g/mol. The van der Waals surface area contributed by atoms with Crippen molar-refractivity contribution in [2.24, 2.45) is 0 Å². The van der Waals surface area contributed by atoms with E-state index in [1.807, 2.05) is 42.5 Å². The van der Waals surface area contributed by atoms with Gasteiger partial charge in [0, 0.05) is 29.9 Å². The molecule has 6 heteroatoms. The Hall–Kier alpha value is -3.93. The van der Waals surface area contributed by atoms with Crippen molar-refractivity contribution in [1.29, 1.82) is 0 Å². The summed E-state index contributed by atoms with van der Waals surface area (Å²) in [5, 5.41) is 8.31. The summed E-state index contributed by atoms with van der Waals surface area (Å²) in [7, 11) is 0. The van der Waals surface area contributed by atoms with Crippen molar-refractivity contribution in [2.45, 2.75) is 13.8 Å². The van der Waals surface area contributed by atoms with Gasteiger partial charge in [0.05, 0.1) is 11.1 Å². The van der Waals surface area contributed by atoms with Crippen LogP contribution in [0.5, 0.6) is 0 Å². The zero-order chi connectivity index (χ0) is 21.8. The Balaban J connectivity index is 1.73. The molecule has 0 unspecified atom stereocenters. The van der Waals surface area contributed by atoms with Crippen molar-refractivity contribution in [3.05, 3.63) is 94.9 Å². The minimum absolute atomic E-state index is 0.201. The van der Waals surface area contributed by atoms with Crippen LogP contribution < -0.4 is 15.8 Å². The van der Waals surface area contributed by atoms with Crippen molar-refractivity contribution in [1.82, 2.24) is 9.78 Å². The van der Waals surface area contributed by atoms with Gasteiger partial charge in [-0.15, -0.1) is 0 Å². The molecule has 0 saturated carbocycles. The fourth-order valence-electron chi connectivity index (χ4n) is 3.64. The topological polar surface area (TPSA) is 67.2 Å². The zero-order valence-electron chi connectivity index (χ0n) is 17.6. The summed E-state index contributed by atoms with van der Waals surface area (Å²) in [6.07, 6.45) is 0. The molecule has 0 aliphatic carbocycles. The quantitative estimate of drug-likeness (QED) is 0.507. The number of carbonyl (C=O) groups is 1. The van der Waals surface area contributed by atoms with E-state index in [2.05, 4.69) is 29.2 Å². The average Bonchev–Trinajstić information content (AvgIpc) is 2.82. The molecule has 3 aromatic carbocycles. The van der Waals surface area contributed by atoms with Crippen molar-refractivity contribution < 1.29 is 4.79 Å². The highest BCUT2D eigenvalue weighted by molar-refractivity contribution is 6.11. The number of para-hydroxylation sites is 1. The van der Waals surface area contributed by atoms with Crippen LogP contribution in [0, 0.1) is 0 Å². The van der Waals surface area contributed by atoms with Crippen molar-refractivity contribution in [3.63, 3.8) is 0 Å². The van der Waals surface area contributed by atoms with Gasteiger partial charge in [0.1, 0.15) is 0 Å². The van der Waals surface area contributed by atoms with Crippen LogP contribution in [0.25, 0.3) is 16.5 Å². The van der Waals surface area contributed by atoms with Gasteiger partial charge in [0.2, 0.25) is 0 Å². The molecule has 31 heavy (non-hydrogen) atoms. The van der Waals surface area contributed by atoms with Gasteiger partial charge in [-0.1, -0.05) is 36.4 Å². The highest BCUT2D eigenvalue weighted by atomic mass is 16.2. The second kappa shape index (κ2) is 8.83. The Morgan fingerprint density at radius 1 is 0.871 bits per heavy atom. The van der Waals surface area contributed by atoms with E-state index in [0.29, 0.717) is 22.1 Å². The maximum absolute atomic E-state index is 13.2. The highest BCUT2D eigenvalue weighted by Gasteiger charge is 2.17. The van der Waals surface area contributed by atoms with E-state index in [1.165, 1.54) is 4.68 Å². The van der Waals surface area contributed by atoms with Gasteiger partial charge < -0.3 is 10.2 Å². The van der Waals surface area contributed by atoms with Gasteiger partial charge >= 0.3 is 0 Å². The SMILES string of the molecule is CCN(CC)c1ccc(NC(=O)c2nn(-c3ccccc3)c(=O)c3ccccc23)cc1. The van der Waals surface area contributed by atoms with E-state index in [-0.39, 0.29) is 17.2 Å². The summed E-state index contributed by atoms with van der Waals surface area (Å²) in [6, 6.07) is 23.9. The van der Waals surface area contributed by atoms with Gasteiger partial charge in [-0.25, -0.2) is 0 Å². The molecule has 0 bridgehead atoms. The Bertz CT molecular complexity index is 1260. The number of aromatic nitrogens is 2. The molecule has 0 saturated heterocycles. The number of amides is 1. The fourth-order valence-corrected chi connectivity index (χ4v) is 3.64. The average molecular weight is 412 g/mol. The molecule has 1 N–H and O–H groups in total. The predicted octanol–water partition coefficient (Wildman–Crippen LogP) is 4.48. The van der Waals surface area contributed by atoms with Crippen LogP contribution in [0.15, 0.2) is 83.7 Å². The largest absolute Gasteiger partial charge is 0.372 e. The standard InChI is InChI=1S/C25H24N4O2/c1-3-28(4-2)19-16-14-18(15-17-19)26-24(30)23-21-12-8-9-13-22(21)25(31)29(27-23)20-10-6-5-7-11-20/h5-17H,3-4H2,1-2H3,(H,26,30). The van der Waals surface area contributed by atoms with Crippen LogP contribution in [0.3, 0.4) is 0 Å². The second-order valence-electron chi connectivity index (χ2n) is 7.12. The molecule has 6 nitrogen and oxygen atoms in total. The molecule has 1 heterocycles. The normalized spacial score (nSPS) is 10.8. The predicted molar refractivity (Wildman–Crippen MR) is 125 cm³/mol. The molecule has 0 aliphatic heterocycles. The van der Waals surface area contributed by atoms with Crippen LogP contribution in [-0.4, -0.2) is 28.8 Å².